The Bertz CT molecular complexity index is 422. The molecule has 0 radical (unpaired) electrons. The van der Waals surface area contributed by atoms with E-state index in [0.717, 1.165) is 0 Å². The van der Waals surface area contributed by atoms with Gasteiger partial charge < -0.3 is 15.2 Å². The molecular weight excluding hydrogens is 229 g/mol. The number of carbonyl (C=O) groups excluding carboxylic acids is 1. The summed E-state index contributed by atoms with van der Waals surface area (Å²) in [6, 6.07) is 5.66. The second-order valence-electron chi connectivity index (χ2n) is 3.32. The summed E-state index contributed by atoms with van der Waals surface area (Å²) in [6.45, 7) is 0.862. The van der Waals surface area contributed by atoms with E-state index in [4.69, 9.17) is 9.84 Å². The molecular formula is C11H12FNO4. The summed E-state index contributed by atoms with van der Waals surface area (Å²) in [7, 11) is 0. The quantitative estimate of drug-likeness (QED) is 0.813. The molecule has 0 bridgehead atoms. The highest BCUT2D eigenvalue weighted by atomic mass is 19.1. The van der Waals surface area contributed by atoms with Crippen LogP contribution in [-0.2, 0) is 14.3 Å². The fourth-order valence-corrected chi connectivity index (χ4v) is 1.02. The lowest BCUT2D eigenvalue weighted by Crippen LogP contribution is -2.26. The highest BCUT2D eigenvalue weighted by molar-refractivity contribution is 5.91. The third kappa shape index (κ3) is 4.20. The number of hydrogen-bond donors (Lipinski definition) is 2. The molecule has 0 unspecified atom stereocenters. The van der Waals surface area contributed by atoms with Crippen molar-refractivity contribution >= 4 is 17.6 Å². The zero-order valence-electron chi connectivity index (χ0n) is 9.14. The highest BCUT2D eigenvalue weighted by Gasteiger charge is 2.13. The second-order valence-corrected chi connectivity index (χ2v) is 3.32. The largest absolute Gasteiger partial charge is 0.479 e. The second kappa shape index (κ2) is 5.95. The average Bonchev–Trinajstić information content (AvgIpc) is 2.29. The van der Waals surface area contributed by atoms with E-state index >= 15 is 0 Å². The minimum Gasteiger partial charge on any atom is -0.479 e. The van der Waals surface area contributed by atoms with E-state index in [1.165, 1.54) is 25.1 Å². The molecule has 1 aromatic carbocycles. The van der Waals surface area contributed by atoms with Crippen molar-refractivity contribution in [3.05, 3.63) is 30.1 Å². The first-order valence-corrected chi connectivity index (χ1v) is 4.89. The van der Waals surface area contributed by atoms with E-state index in [0.29, 0.717) is 0 Å². The Balaban J connectivity index is 2.46. The van der Waals surface area contributed by atoms with Crippen LogP contribution in [0.4, 0.5) is 10.1 Å². The Labute approximate surface area is 97.2 Å². The summed E-state index contributed by atoms with van der Waals surface area (Å²) in [5, 5.41) is 10.8. The van der Waals surface area contributed by atoms with Crippen LogP contribution in [0.15, 0.2) is 24.3 Å². The summed E-state index contributed by atoms with van der Waals surface area (Å²) in [4.78, 5) is 21.7. The van der Waals surface area contributed by atoms with Gasteiger partial charge in [-0.1, -0.05) is 12.1 Å². The van der Waals surface area contributed by atoms with Gasteiger partial charge in [0.2, 0.25) is 5.91 Å². The number of para-hydroxylation sites is 1. The molecule has 1 rings (SSSR count). The van der Waals surface area contributed by atoms with Gasteiger partial charge in [0.1, 0.15) is 12.4 Å². The van der Waals surface area contributed by atoms with Crippen LogP contribution in [-0.4, -0.2) is 29.7 Å². The minimum absolute atomic E-state index is 0.0316. The number of rotatable bonds is 5. The predicted octanol–water partition coefficient (Wildman–Crippen LogP) is 1.25. The molecule has 0 aliphatic heterocycles. The first-order chi connectivity index (χ1) is 8.00. The molecule has 0 aliphatic carbocycles. The summed E-state index contributed by atoms with van der Waals surface area (Å²) >= 11 is 0. The number of nitrogens with one attached hydrogen (secondary N) is 1. The molecule has 1 amide bonds. The molecule has 0 aromatic heterocycles. The number of carbonyl (C=O) groups is 2. The first kappa shape index (κ1) is 13.1. The number of ether oxygens (including phenoxy) is 1. The van der Waals surface area contributed by atoms with Gasteiger partial charge in [-0.25, -0.2) is 9.18 Å². The molecule has 0 aliphatic rings. The van der Waals surface area contributed by atoms with Crippen LogP contribution in [0.1, 0.15) is 6.92 Å². The van der Waals surface area contributed by atoms with Gasteiger partial charge in [-0.15, -0.1) is 0 Å². The van der Waals surface area contributed by atoms with Crippen LogP contribution in [0.5, 0.6) is 0 Å². The van der Waals surface area contributed by atoms with E-state index in [9.17, 15) is 14.0 Å². The highest BCUT2D eigenvalue weighted by Crippen LogP contribution is 2.11. The van der Waals surface area contributed by atoms with Crippen molar-refractivity contribution in [2.24, 2.45) is 0 Å². The van der Waals surface area contributed by atoms with Crippen molar-refractivity contribution in [2.75, 3.05) is 11.9 Å². The van der Waals surface area contributed by atoms with Crippen LogP contribution in [0, 0.1) is 5.82 Å². The number of anilines is 1. The van der Waals surface area contributed by atoms with Gasteiger partial charge in [0.15, 0.2) is 6.10 Å². The number of aliphatic carboxylic acids is 1. The first-order valence-electron chi connectivity index (χ1n) is 4.89. The van der Waals surface area contributed by atoms with E-state index in [2.05, 4.69) is 5.32 Å². The molecule has 0 fully saturated rings. The van der Waals surface area contributed by atoms with Crippen molar-refractivity contribution < 1.29 is 23.8 Å². The molecule has 0 saturated carbocycles. The average molecular weight is 241 g/mol. The van der Waals surface area contributed by atoms with Gasteiger partial charge >= 0.3 is 5.97 Å². The topological polar surface area (TPSA) is 75.6 Å². The fourth-order valence-electron chi connectivity index (χ4n) is 1.02. The monoisotopic (exact) mass is 241 g/mol. The maximum absolute atomic E-state index is 13.1. The predicted molar refractivity (Wildman–Crippen MR) is 58.1 cm³/mol. The third-order valence-electron chi connectivity index (χ3n) is 1.96. The molecule has 5 nitrogen and oxygen atoms in total. The minimum atomic E-state index is -1.16. The van der Waals surface area contributed by atoms with Gasteiger partial charge in [0.05, 0.1) is 5.69 Å². The lowest BCUT2D eigenvalue weighted by atomic mass is 10.3. The van der Waals surface area contributed by atoms with E-state index in [1.807, 2.05) is 0 Å². The third-order valence-corrected chi connectivity index (χ3v) is 1.96. The summed E-state index contributed by atoms with van der Waals surface area (Å²) in [6.07, 6.45) is -1.08. The zero-order chi connectivity index (χ0) is 12.8. The van der Waals surface area contributed by atoms with E-state index in [-0.39, 0.29) is 5.69 Å². The molecule has 0 heterocycles. The molecule has 1 atom stereocenters. The summed E-state index contributed by atoms with van der Waals surface area (Å²) < 4.78 is 17.9. The van der Waals surface area contributed by atoms with Crippen molar-refractivity contribution in [2.45, 2.75) is 13.0 Å². The van der Waals surface area contributed by atoms with E-state index < -0.39 is 30.4 Å². The van der Waals surface area contributed by atoms with Gasteiger partial charge in [-0.3, -0.25) is 4.79 Å². The molecule has 17 heavy (non-hydrogen) atoms. The van der Waals surface area contributed by atoms with Crippen LogP contribution >= 0.6 is 0 Å². The van der Waals surface area contributed by atoms with Gasteiger partial charge in [0.25, 0.3) is 0 Å². The van der Waals surface area contributed by atoms with Crippen LogP contribution in [0.2, 0.25) is 0 Å². The van der Waals surface area contributed by atoms with Crippen molar-refractivity contribution in [1.29, 1.82) is 0 Å². The number of carboxylic acids is 1. The number of halogens is 1. The Kier molecular flexibility index (Phi) is 4.59. The molecule has 0 saturated heterocycles. The number of amides is 1. The van der Waals surface area contributed by atoms with Crippen LogP contribution < -0.4 is 5.32 Å². The number of carboxylic acid groups (broad SMARTS) is 1. The van der Waals surface area contributed by atoms with E-state index in [1.54, 1.807) is 6.07 Å². The lowest BCUT2D eigenvalue weighted by Gasteiger charge is -2.09. The lowest BCUT2D eigenvalue weighted by molar-refractivity contribution is -0.150. The summed E-state index contributed by atoms with van der Waals surface area (Å²) in [5.74, 6) is -2.33. The molecule has 0 spiro atoms. The van der Waals surface area contributed by atoms with Crippen molar-refractivity contribution in [1.82, 2.24) is 0 Å². The van der Waals surface area contributed by atoms with Crippen LogP contribution in [0.25, 0.3) is 0 Å². The van der Waals surface area contributed by atoms with Crippen LogP contribution in [0.3, 0.4) is 0 Å². The Morgan fingerprint density at radius 3 is 2.71 bits per heavy atom. The number of hydrogen-bond acceptors (Lipinski definition) is 3. The van der Waals surface area contributed by atoms with Gasteiger partial charge in [0, 0.05) is 0 Å². The standard InChI is InChI=1S/C11H12FNO4/c1-7(11(15)16)17-6-10(14)13-9-5-3-2-4-8(9)12/h2-5,7H,6H2,1H3,(H,13,14)(H,15,16)/t7-/m1/s1. The maximum Gasteiger partial charge on any atom is 0.332 e. The maximum atomic E-state index is 13.1. The van der Waals surface area contributed by atoms with Gasteiger partial charge in [-0.05, 0) is 19.1 Å². The Hall–Kier alpha value is -1.95. The summed E-state index contributed by atoms with van der Waals surface area (Å²) in [5.41, 5.74) is 0.0316. The van der Waals surface area contributed by atoms with Gasteiger partial charge in [-0.2, -0.15) is 0 Å². The Morgan fingerprint density at radius 2 is 2.12 bits per heavy atom. The molecule has 1 aromatic rings. The Morgan fingerprint density at radius 1 is 1.47 bits per heavy atom. The zero-order valence-corrected chi connectivity index (χ0v) is 9.14. The number of benzene rings is 1. The molecule has 6 heteroatoms. The SMILES string of the molecule is C[C@@H](OCC(=O)Nc1ccccc1F)C(=O)O. The van der Waals surface area contributed by atoms with Crippen molar-refractivity contribution in [3.63, 3.8) is 0 Å². The molecule has 92 valence electrons. The van der Waals surface area contributed by atoms with Crippen molar-refractivity contribution in [3.8, 4) is 0 Å². The molecule has 2 N–H and O–H groups in total. The normalized spacial score (nSPS) is 11.9. The smallest absolute Gasteiger partial charge is 0.332 e. The fraction of sp³-hybridized carbons (Fsp3) is 0.273.